The predicted octanol–water partition coefficient (Wildman–Crippen LogP) is 2.72. The number of hydrogen-bond acceptors (Lipinski definition) is 4. The number of methoxy groups -OCH3 is 1. The van der Waals surface area contributed by atoms with Crippen LogP contribution in [0.2, 0.25) is 0 Å². The summed E-state index contributed by atoms with van der Waals surface area (Å²) in [4.78, 5) is 10.9. The van der Waals surface area contributed by atoms with Gasteiger partial charge in [0.25, 0.3) is 0 Å². The van der Waals surface area contributed by atoms with Crippen molar-refractivity contribution in [2.24, 2.45) is 0 Å². The summed E-state index contributed by atoms with van der Waals surface area (Å²) in [6.45, 7) is 3.59. The van der Waals surface area contributed by atoms with Crippen molar-refractivity contribution in [3.05, 3.63) is 58.5 Å². The SMILES string of the molecule is COCc1ccccc1CNCc1cc(C(=O)O)oc1C. The zero-order valence-corrected chi connectivity index (χ0v) is 12.2. The Balaban J connectivity index is 1.97. The standard InChI is InChI=1S/C16H19NO4/c1-11-14(7-15(21-11)16(18)19)9-17-8-12-5-3-4-6-13(12)10-20-2/h3-7,17H,8-10H2,1-2H3,(H,18,19). The molecular weight excluding hydrogens is 270 g/mol. The van der Waals surface area contributed by atoms with Crippen LogP contribution in [0.4, 0.5) is 0 Å². The lowest BCUT2D eigenvalue weighted by Crippen LogP contribution is -2.14. The molecule has 0 saturated heterocycles. The highest BCUT2D eigenvalue weighted by molar-refractivity contribution is 5.84. The van der Waals surface area contributed by atoms with Crippen molar-refractivity contribution in [1.29, 1.82) is 0 Å². The molecule has 5 heteroatoms. The van der Waals surface area contributed by atoms with Gasteiger partial charge in [-0.05, 0) is 24.1 Å². The highest BCUT2D eigenvalue weighted by Crippen LogP contribution is 2.15. The van der Waals surface area contributed by atoms with E-state index in [0.29, 0.717) is 25.5 Å². The van der Waals surface area contributed by atoms with Crippen LogP contribution in [0.5, 0.6) is 0 Å². The third kappa shape index (κ3) is 3.93. The largest absolute Gasteiger partial charge is 0.475 e. The van der Waals surface area contributed by atoms with E-state index in [-0.39, 0.29) is 5.76 Å². The van der Waals surface area contributed by atoms with Crippen molar-refractivity contribution in [2.75, 3.05) is 7.11 Å². The average molecular weight is 289 g/mol. The van der Waals surface area contributed by atoms with E-state index < -0.39 is 5.97 Å². The van der Waals surface area contributed by atoms with Gasteiger partial charge in [-0.15, -0.1) is 0 Å². The van der Waals surface area contributed by atoms with E-state index in [4.69, 9.17) is 14.3 Å². The predicted molar refractivity (Wildman–Crippen MR) is 78.1 cm³/mol. The summed E-state index contributed by atoms with van der Waals surface area (Å²) in [6, 6.07) is 9.61. The molecule has 1 aromatic heterocycles. The Kier molecular flexibility index (Phi) is 5.14. The lowest BCUT2D eigenvalue weighted by atomic mass is 10.1. The summed E-state index contributed by atoms with van der Waals surface area (Å²) in [5, 5.41) is 12.2. The molecule has 0 aliphatic carbocycles. The minimum Gasteiger partial charge on any atom is -0.475 e. The van der Waals surface area contributed by atoms with Crippen LogP contribution in [0, 0.1) is 6.92 Å². The molecule has 2 rings (SSSR count). The number of nitrogens with one attached hydrogen (secondary N) is 1. The molecule has 0 fully saturated rings. The zero-order chi connectivity index (χ0) is 15.2. The summed E-state index contributed by atoms with van der Waals surface area (Å²) in [6.07, 6.45) is 0. The number of carboxylic acid groups (broad SMARTS) is 1. The maximum absolute atomic E-state index is 10.9. The Labute approximate surface area is 123 Å². The normalized spacial score (nSPS) is 10.8. The van der Waals surface area contributed by atoms with Gasteiger partial charge in [-0.1, -0.05) is 24.3 Å². The molecule has 5 nitrogen and oxygen atoms in total. The van der Waals surface area contributed by atoms with Crippen molar-refractivity contribution in [1.82, 2.24) is 5.32 Å². The summed E-state index contributed by atoms with van der Waals surface area (Å²) in [5.41, 5.74) is 3.17. The highest BCUT2D eigenvalue weighted by Gasteiger charge is 2.12. The average Bonchev–Trinajstić information content (AvgIpc) is 2.83. The Bertz CT molecular complexity index is 618. The van der Waals surface area contributed by atoms with Gasteiger partial charge in [0.2, 0.25) is 5.76 Å². The second-order valence-electron chi connectivity index (χ2n) is 4.80. The van der Waals surface area contributed by atoms with E-state index in [0.717, 1.165) is 11.1 Å². The topological polar surface area (TPSA) is 71.7 Å². The molecule has 0 aliphatic heterocycles. The van der Waals surface area contributed by atoms with Gasteiger partial charge >= 0.3 is 5.97 Å². The van der Waals surface area contributed by atoms with Gasteiger partial charge < -0.3 is 19.6 Å². The molecule has 0 amide bonds. The van der Waals surface area contributed by atoms with Crippen LogP contribution in [0.3, 0.4) is 0 Å². The zero-order valence-electron chi connectivity index (χ0n) is 12.2. The van der Waals surface area contributed by atoms with Gasteiger partial charge in [-0.25, -0.2) is 4.79 Å². The van der Waals surface area contributed by atoms with Crippen molar-refractivity contribution < 1.29 is 19.1 Å². The first-order valence-electron chi connectivity index (χ1n) is 6.71. The van der Waals surface area contributed by atoms with Crippen LogP contribution in [0.25, 0.3) is 0 Å². The van der Waals surface area contributed by atoms with Gasteiger partial charge in [0.1, 0.15) is 5.76 Å². The fourth-order valence-corrected chi connectivity index (χ4v) is 2.16. The third-order valence-corrected chi connectivity index (χ3v) is 3.28. The molecule has 0 spiro atoms. The van der Waals surface area contributed by atoms with Crippen LogP contribution in [0.1, 0.15) is 33.0 Å². The van der Waals surface area contributed by atoms with E-state index in [9.17, 15) is 4.79 Å². The maximum atomic E-state index is 10.9. The number of furan rings is 1. The van der Waals surface area contributed by atoms with Crippen molar-refractivity contribution in [3.63, 3.8) is 0 Å². The van der Waals surface area contributed by atoms with Crippen molar-refractivity contribution in [2.45, 2.75) is 26.6 Å². The first-order valence-corrected chi connectivity index (χ1v) is 6.71. The number of aromatic carboxylic acids is 1. The smallest absolute Gasteiger partial charge is 0.371 e. The number of ether oxygens (including phenoxy) is 1. The molecule has 112 valence electrons. The number of benzene rings is 1. The molecule has 21 heavy (non-hydrogen) atoms. The molecular formula is C16H19NO4. The number of carbonyl (C=O) groups is 1. The van der Waals surface area contributed by atoms with Crippen LogP contribution >= 0.6 is 0 Å². The number of aryl methyl sites for hydroxylation is 1. The van der Waals surface area contributed by atoms with Crippen LogP contribution in [0.15, 0.2) is 34.7 Å². The molecule has 0 aliphatic rings. The minimum atomic E-state index is -1.05. The second kappa shape index (κ2) is 7.06. The molecule has 2 N–H and O–H groups in total. The molecule has 1 aromatic carbocycles. The first kappa shape index (κ1) is 15.3. The quantitative estimate of drug-likeness (QED) is 0.820. The summed E-state index contributed by atoms with van der Waals surface area (Å²) >= 11 is 0. The molecule has 0 atom stereocenters. The summed E-state index contributed by atoms with van der Waals surface area (Å²) in [7, 11) is 1.67. The highest BCUT2D eigenvalue weighted by atomic mass is 16.5. The molecule has 0 bridgehead atoms. The molecule has 2 aromatic rings. The second-order valence-corrected chi connectivity index (χ2v) is 4.80. The van der Waals surface area contributed by atoms with Gasteiger partial charge in [0.05, 0.1) is 6.61 Å². The lowest BCUT2D eigenvalue weighted by Gasteiger charge is -2.09. The molecule has 0 radical (unpaired) electrons. The van der Waals surface area contributed by atoms with Gasteiger partial charge in [0.15, 0.2) is 0 Å². The van der Waals surface area contributed by atoms with E-state index in [1.54, 1.807) is 20.1 Å². The number of hydrogen-bond donors (Lipinski definition) is 2. The fraction of sp³-hybridized carbons (Fsp3) is 0.312. The Hall–Kier alpha value is -2.11. The third-order valence-electron chi connectivity index (χ3n) is 3.28. The number of rotatable bonds is 7. The van der Waals surface area contributed by atoms with Crippen LogP contribution in [-0.2, 0) is 24.4 Å². The lowest BCUT2D eigenvalue weighted by molar-refractivity contribution is 0.0661. The fourth-order valence-electron chi connectivity index (χ4n) is 2.16. The van der Waals surface area contributed by atoms with E-state index in [1.165, 1.54) is 5.56 Å². The maximum Gasteiger partial charge on any atom is 0.371 e. The molecule has 0 unspecified atom stereocenters. The van der Waals surface area contributed by atoms with Crippen molar-refractivity contribution in [3.8, 4) is 0 Å². The van der Waals surface area contributed by atoms with E-state index >= 15 is 0 Å². The summed E-state index contributed by atoms with van der Waals surface area (Å²) < 4.78 is 10.4. The number of carboxylic acids is 1. The van der Waals surface area contributed by atoms with Crippen molar-refractivity contribution >= 4 is 5.97 Å². The molecule has 1 heterocycles. The first-order chi connectivity index (χ1) is 10.1. The van der Waals surface area contributed by atoms with Gasteiger partial charge in [-0.3, -0.25) is 0 Å². The Morgan fingerprint density at radius 1 is 1.24 bits per heavy atom. The Morgan fingerprint density at radius 3 is 2.52 bits per heavy atom. The Morgan fingerprint density at radius 2 is 1.90 bits per heavy atom. The summed E-state index contributed by atoms with van der Waals surface area (Å²) in [5.74, 6) is -0.441. The van der Waals surface area contributed by atoms with E-state index in [2.05, 4.69) is 5.32 Å². The van der Waals surface area contributed by atoms with Crippen LogP contribution in [-0.4, -0.2) is 18.2 Å². The van der Waals surface area contributed by atoms with Crippen LogP contribution < -0.4 is 5.32 Å². The van der Waals surface area contributed by atoms with E-state index in [1.807, 2.05) is 24.3 Å². The van der Waals surface area contributed by atoms with Gasteiger partial charge in [0, 0.05) is 25.8 Å². The minimum absolute atomic E-state index is 0.0240. The molecule has 0 saturated carbocycles. The van der Waals surface area contributed by atoms with Gasteiger partial charge in [-0.2, -0.15) is 0 Å². The monoisotopic (exact) mass is 289 g/mol.